The van der Waals surface area contributed by atoms with Crippen LogP contribution in [0.15, 0.2) is 24.3 Å². The van der Waals surface area contributed by atoms with E-state index in [4.69, 9.17) is 4.74 Å². The second kappa shape index (κ2) is 8.28. The SMILES string of the molecule is CCCNC(=O)Cn1nnc(CO)c1COc1ccc(C)cc1. The number of benzene rings is 1. The van der Waals surface area contributed by atoms with Crippen LogP contribution in [0.2, 0.25) is 0 Å². The minimum absolute atomic E-state index is 0.0551. The molecule has 1 aromatic heterocycles. The third-order valence-corrected chi connectivity index (χ3v) is 3.33. The van der Waals surface area contributed by atoms with E-state index in [1.807, 2.05) is 38.1 Å². The normalized spacial score (nSPS) is 10.6. The van der Waals surface area contributed by atoms with Gasteiger partial charge in [-0.15, -0.1) is 5.10 Å². The molecular weight excluding hydrogens is 296 g/mol. The van der Waals surface area contributed by atoms with Gasteiger partial charge in [-0.1, -0.05) is 29.8 Å². The number of hydrogen-bond donors (Lipinski definition) is 2. The quantitative estimate of drug-likeness (QED) is 0.763. The van der Waals surface area contributed by atoms with Crippen LogP contribution in [-0.4, -0.2) is 32.6 Å². The number of hydrogen-bond acceptors (Lipinski definition) is 5. The van der Waals surface area contributed by atoms with Gasteiger partial charge < -0.3 is 15.2 Å². The van der Waals surface area contributed by atoms with Gasteiger partial charge in [-0.05, 0) is 25.5 Å². The molecule has 0 aliphatic rings. The second-order valence-corrected chi connectivity index (χ2v) is 5.25. The Labute approximate surface area is 135 Å². The molecule has 0 aliphatic carbocycles. The summed E-state index contributed by atoms with van der Waals surface area (Å²) in [5.74, 6) is 0.570. The van der Waals surface area contributed by atoms with Crippen molar-refractivity contribution in [2.24, 2.45) is 0 Å². The van der Waals surface area contributed by atoms with Crippen LogP contribution in [0.25, 0.3) is 0 Å². The summed E-state index contributed by atoms with van der Waals surface area (Å²) in [6, 6.07) is 7.65. The second-order valence-electron chi connectivity index (χ2n) is 5.25. The fourth-order valence-corrected chi connectivity index (χ4v) is 2.02. The van der Waals surface area contributed by atoms with Gasteiger partial charge in [0.2, 0.25) is 5.91 Å². The molecule has 0 saturated carbocycles. The number of carbonyl (C=O) groups is 1. The molecule has 0 bridgehead atoms. The molecule has 0 unspecified atom stereocenters. The Balaban J connectivity index is 2.05. The number of aryl methyl sites for hydroxylation is 1. The molecule has 2 rings (SSSR count). The topological polar surface area (TPSA) is 89.3 Å². The van der Waals surface area contributed by atoms with Crippen LogP contribution < -0.4 is 10.1 Å². The summed E-state index contributed by atoms with van der Waals surface area (Å²) in [7, 11) is 0. The van der Waals surface area contributed by atoms with Crippen molar-refractivity contribution in [1.82, 2.24) is 20.3 Å². The molecule has 23 heavy (non-hydrogen) atoms. The van der Waals surface area contributed by atoms with Crippen molar-refractivity contribution >= 4 is 5.91 Å². The van der Waals surface area contributed by atoms with Crippen molar-refractivity contribution in [1.29, 1.82) is 0 Å². The van der Waals surface area contributed by atoms with E-state index in [9.17, 15) is 9.90 Å². The summed E-state index contributed by atoms with van der Waals surface area (Å²) < 4.78 is 7.17. The summed E-state index contributed by atoms with van der Waals surface area (Å²) in [5, 5.41) is 20.0. The van der Waals surface area contributed by atoms with Crippen LogP contribution in [0.3, 0.4) is 0 Å². The number of ether oxygens (including phenoxy) is 1. The molecule has 1 amide bonds. The minimum Gasteiger partial charge on any atom is -0.487 e. The van der Waals surface area contributed by atoms with E-state index in [0.717, 1.165) is 12.0 Å². The van der Waals surface area contributed by atoms with E-state index in [2.05, 4.69) is 15.6 Å². The predicted molar refractivity (Wildman–Crippen MR) is 84.8 cm³/mol. The van der Waals surface area contributed by atoms with E-state index < -0.39 is 0 Å². The molecule has 0 spiro atoms. The molecule has 0 atom stereocenters. The van der Waals surface area contributed by atoms with Gasteiger partial charge in [0, 0.05) is 6.54 Å². The lowest BCUT2D eigenvalue weighted by Crippen LogP contribution is -2.29. The first-order chi connectivity index (χ1) is 11.1. The maximum Gasteiger partial charge on any atom is 0.241 e. The summed E-state index contributed by atoms with van der Waals surface area (Å²) >= 11 is 0. The first kappa shape index (κ1) is 17.0. The molecule has 7 nitrogen and oxygen atoms in total. The molecule has 0 fully saturated rings. The predicted octanol–water partition coefficient (Wildman–Crippen LogP) is 1.18. The van der Waals surface area contributed by atoms with Gasteiger partial charge in [0.05, 0.1) is 6.61 Å². The number of carbonyl (C=O) groups excluding carboxylic acids is 1. The number of amides is 1. The molecule has 0 aliphatic heterocycles. The molecule has 0 radical (unpaired) electrons. The summed E-state index contributed by atoms with van der Waals surface area (Å²) in [6.07, 6.45) is 0.869. The zero-order valence-electron chi connectivity index (χ0n) is 13.5. The molecular formula is C16H22N4O3. The molecule has 124 valence electrons. The minimum atomic E-state index is -0.247. The summed E-state index contributed by atoms with van der Waals surface area (Å²) in [5.41, 5.74) is 2.16. The van der Waals surface area contributed by atoms with Crippen LogP contribution in [-0.2, 0) is 24.6 Å². The highest BCUT2D eigenvalue weighted by Crippen LogP contribution is 2.15. The zero-order valence-corrected chi connectivity index (χ0v) is 13.5. The van der Waals surface area contributed by atoms with Gasteiger partial charge in [-0.3, -0.25) is 4.79 Å². The Bertz CT molecular complexity index is 637. The summed E-state index contributed by atoms with van der Waals surface area (Å²) in [6.45, 7) is 4.60. The molecule has 0 saturated heterocycles. The first-order valence-electron chi connectivity index (χ1n) is 7.62. The number of aromatic nitrogens is 3. The Kier molecular flexibility index (Phi) is 6.10. The zero-order chi connectivity index (χ0) is 16.7. The lowest BCUT2D eigenvalue weighted by Gasteiger charge is -2.10. The smallest absolute Gasteiger partial charge is 0.241 e. The third kappa shape index (κ3) is 4.79. The lowest BCUT2D eigenvalue weighted by molar-refractivity contribution is -0.121. The summed E-state index contributed by atoms with van der Waals surface area (Å²) in [4.78, 5) is 11.8. The van der Waals surface area contributed by atoms with Crippen LogP contribution in [0, 0.1) is 6.92 Å². The Morgan fingerprint density at radius 1 is 1.35 bits per heavy atom. The van der Waals surface area contributed by atoms with Gasteiger partial charge in [-0.2, -0.15) is 0 Å². The van der Waals surface area contributed by atoms with Crippen LogP contribution in [0.4, 0.5) is 0 Å². The van der Waals surface area contributed by atoms with E-state index >= 15 is 0 Å². The number of nitrogens with zero attached hydrogens (tertiary/aromatic N) is 3. The highest BCUT2D eigenvalue weighted by atomic mass is 16.5. The van der Waals surface area contributed by atoms with Crippen molar-refractivity contribution in [3.8, 4) is 5.75 Å². The van der Waals surface area contributed by atoms with Crippen molar-refractivity contribution < 1.29 is 14.6 Å². The highest BCUT2D eigenvalue weighted by molar-refractivity contribution is 5.75. The Hall–Kier alpha value is -2.41. The van der Waals surface area contributed by atoms with Crippen LogP contribution >= 0.6 is 0 Å². The van der Waals surface area contributed by atoms with E-state index in [1.165, 1.54) is 4.68 Å². The van der Waals surface area contributed by atoms with Gasteiger partial charge in [0.1, 0.15) is 30.3 Å². The highest BCUT2D eigenvalue weighted by Gasteiger charge is 2.15. The average Bonchev–Trinajstić information content (AvgIpc) is 2.94. The lowest BCUT2D eigenvalue weighted by atomic mass is 10.2. The average molecular weight is 318 g/mol. The van der Waals surface area contributed by atoms with Gasteiger partial charge in [0.15, 0.2) is 0 Å². The van der Waals surface area contributed by atoms with Crippen molar-refractivity contribution in [3.05, 3.63) is 41.2 Å². The van der Waals surface area contributed by atoms with Crippen molar-refractivity contribution in [2.75, 3.05) is 6.54 Å². The van der Waals surface area contributed by atoms with Gasteiger partial charge in [0.25, 0.3) is 0 Å². The van der Waals surface area contributed by atoms with Gasteiger partial charge in [-0.25, -0.2) is 4.68 Å². The van der Waals surface area contributed by atoms with E-state index in [0.29, 0.717) is 23.7 Å². The monoisotopic (exact) mass is 318 g/mol. The number of rotatable bonds is 8. The number of aliphatic hydroxyl groups excluding tert-OH is 1. The van der Waals surface area contributed by atoms with Gasteiger partial charge >= 0.3 is 0 Å². The third-order valence-electron chi connectivity index (χ3n) is 3.33. The molecule has 7 heteroatoms. The maximum atomic E-state index is 11.8. The molecule has 1 aromatic carbocycles. The Morgan fingerprint density at radius 2 is 2.09 bits per heavy atom. The molecule has 2 N–H and O–H groups in total. The molecule has 2 aromatic rings. The fraction of sp³-hybridized carbons (Fsp3) is 0.438. The largest absolute Gasteiger partial charge is 0.487 e. The van der Waals surface area contributed by atoms with Crippen LogP contribution in [0.1, 0.15) is 30.3 Å². The van der Waals surface area contributed by atoms with Crippen LogP contribution in [0.5, 0.6) is 5.75 Å². The number of nitrogens with one attached hydrogen (secondary N) is 1. The Morgan fingerprint density at radius 3 is 2.74 bits per heavy atom. The first-order valence-corrected chi connectivity index (χ1v) is 7.62. The molecule has 1 heterocycles. The van der Waals surface area contributed by atoms with E-state index in [1.54, 1.807) is 0 Å². The maximum absolute atomic E-state index is 11.8. The fourth-order valence-electron chi connectivity index (χ4n) is 2.02. The van der Waals surface area contributed by atoms with Crippen molar-refractivity contribution in [3.63, 3.8) is 0 Å². The number of aliphatic hydroxyl groups is 1. The standard InChI is InChI=1S/C16H22N4O3/c1-3-8-17-16(22)9-20-15(14(10-21)18-19-20)11-23-13-6-4-12(2)5-7-13/h4-7,21H,3,8-11H2,1-2H3,(H,17,22). The van der Waals surface area contributed by atoms with Crippen molar-refractivity contribution in [2.45, 2.75) is 40.0 Å². The van der Waals surface area contributed by atoms with E-state index in [-0.39, 0.29) is 25.7 Å².